The van der Waals surface area contributed by atoms with Gasteiger partial charge in [-0.15, -0.1) is 0 Å². The van der Waals surface area contributed by atoms with Gasteiger partial charge in [-0.25, -0.2) is 4.79 Å². The van der Waals surface area contributed by atoms with Crippen molar-refractivity contribution in [1.82, 2.24) is 4.57 Å². The Kier molecular flexibility index (Phi) is 6.05. The molecular formula is C25H19ClN2O4. The second-order valence-corrected chi connectivity index (χ2v) is 7.57. The van der Waals surface area contributed by atoms with E-state index in [1.165, 1.54) is 11.6 Å². The van der Waals surface area contributed by atoms with E-state index in [0.717, 1.165) is 0 Å². The summed E-state index contributed by atoms with van der Waals surface area (Å²) in [5.41, 5.74) is 1.55. The van der Waals surface area contributed by atoms with E-state index < -0.39 is 18.5 Å². The molecule has 0 fully saturated rings. The number of esters is 1. The number of rotatable bonds is 5. The molecule has 0 spiro atoms. The van der Waals surface area contributed by atoms with Crippen molar-refractivity contribution in [2.24, 2.45) is 7.05 Å². The molecular weight excluding hydrogens is 428 g/mol. The highest BCUT2D eigenvalue weighted by atomic mass is 35.5. The zero-order chi connectivity index (χ0) is 22.7. The maximum absolute atomic E-state index is 13.1. The van der Waals surface area contributed by atoms with Crippen LogP contribution in [0.25, 0.3) is 21.9 Å². The molecule has 3 aromatic carbocycles. The summed E-state index contributed by atoms with van der Waals surface area (Å²) in [6.45, 7) is -0.491. The fourth-order valence-electron chi connectivity index (χ4n) is 3.53. The van der Waals surface area contributed by atoms with Crippen molar-refractivity contribution in [3.8, 4) is 11.1 Å². The Hall–Kier alpha value is -3.90. The Bertz CT molecular complexity index is 1360. The number of halogens is 1. The van der Waals surface area contributed by atoms with E-state index in [-0.39, 0.29) is 11.3 Å². The number of hydrogen-bond acceptors (Lipinski definition) is 4. The summed E-state index contributed by atoms with van der Waals surface area (Å²) < 4.78 is 6.55. The molecule has 4 rings (SSSR count). The number of carbonyl (C=O) groups excluding carboxylic acids is 2. The van der Waals surface area contributed by atoms with E-state index in [9.17, 15) is 14.4 Å². The fourth-order valence-corrected chi connectivity index (χ4v) is 3.66. The van der Waals surface area contributed by atoms with E-state index in [1.807, 2.05) is 6.07 Å². The van der Waals surface area contributed by atoms with E-state index >= 15 is 0 Å². The molecule has 7 heteroatoms. The smallest absolute Gasteiger partial charge is 0.356 e. The second-order valence-electron chi connectivity index (χ2n) is 7.13. The first kappa shape index (κ1) is 21.3. The third-order valence-electron chi connectivity index (χ3n) is 5.02. The van der Waals surface area contributed by atoms with E-state index in [4.69, 9.17) is 16.3 Å². The lowest BCUT2D eigenvalue weighted by Gasteiger charge is -2.17. The van der Waals surface area contributed by atoms with Crippen LogP contribution in [0.1, 0.15) is 10.5 Å². The summed E-state index contributed by atoms with van der Waals surface area (Å²) in [5, 5.41) is 4.28. The van der Waals surface area contributed by atoms with Crippen molar-refractivity contribution in [1.29, 1.82) is 0 Å². The summed E-state index contributed by atoms with van der Waals surface area (Å²) in [6, 6.07) is 22.9. The van der Waals surface area contributed by atoms with Gasteiger partial charge in [0.05, 0.1) is 0 Å². The Morgan fingerprint density at radius 1 is 0.906 bits per heavy atom. The summed E-state index contributed by atoms with van der Waals surface area (Å²) in [6.07, 6.45) is 0. The molecule has 6 nitrogen and oxygen atoms in total. The number of amides is 1. The standard InChI is InChI=1S/C25H19ClN2O4/c1-28-23(25(31)32-15-21(29)27-18-7-3-2-4-8-18)22(16-11-13-17(26)14-12-16)19-9-5-6-10-20(19)24(28)30/h2-14H,15H2,1H3,(H,27,29). The van der Waals surface area contributed by atoms with Crippen LogP contribution < -0.4 is 10.9 Å². The SMILES string of the molecule is Cn1c(C(=O)OCC(=O)Nc2ccccc2)c(-c2ccc(Cl)cc2)c2ccccc2c1=O. The molecule has 4 aromatic rings. The molecule has 1 N–H and O–H groups in total. The third-order valence-corrected chi connectivity index (χ3v) is 5.27. The first-order valence-corrected chi connectivity index (χ1v) is 10.2. The lowest BCUT2D eigenvalue weighted by Crippen LogP contribution is -2.28. The molecule has 160 valence electrons. The van der Waals surface area contributed by atoms with Crippen LogP contribution in [-0.4, -0.2) is 23.1 Å². The molecule has 0 bridgehead atoms. The lowest BCUT2D eigenvalue weighted by molar-refractivity contribution is -0.119. The van der Waals surface area contributed by atoms with Crippen molar-refractivity contribution >= 4 is 39.9 Å². The number of benzene rings is 3. The molecule has 0 aliphatic carbocycles. The number of aromatic nitrogens is 1. The number of anilines is 1. The van der Waals surface area contributed by atoms with E-state index in [0.29, 0.717) is 32.6 Å². The van der Waals surface area contributed by atoms with Crippen molar-refractivity contribution < 1.29 is 14.3 Å². The van der Waals surface area contributed by atoms with Crippen LogP contribution in [0.5, 0.6) is 0 Å². The predicted octanol–water partition coefficient (Wildman–Crippen LogP) is 4.65. The maximum atomic E-state index is 13.1. The Morgan fingerprint density at radius 2 is 1.53 bits per heavy atom. The van der Waals surface area contributed by atoms with Gasteiger partial charge in [-0.3, -0.25) is 9.59 Å². The quantitative estimate of drug-likeness (QED) is 0.452. The number of para-hydroxylation sites is 1. The van der Waals surface area contributed by atoms with E-state index in [2.05, 4.69) is 5.32 Å². The fraction of sp³-hybridized carbons (Fsp3) is 0.0800. The zero-order valence-corrected chi connectivity index (χ0v) is 17.9. The topological polar surface area (TPSA) is 77.4 Å². The summed E-state index contributed by atoms with van der Waals surface area (Å²) in [4.78, 5) is 38.2. The summed E-state index contributed by atoms with van der Waals surface area (Å²) >= 11 is 6.04. The Morgan fingerprint density at radius 3 is 2.22 bits per heavy atom. The lowest BCUT2D eigenvalue weighted by atomic mass is 9.97. The second kappa shape index (κ2) is 9.08. The van der Waals surface area contributed by atoms with Gasteiger partial charge in [0.2, 0.25) is 0 Å². The van der Waals surface area contributed by atoms with Gasteiger partial charge in [-0.05, 0) is 41.3 Å². The van der Waals surface area contributed by atoms with Crippen LogP contribution in [0, 0.1) is 0 Å². The molecule has 1 amide bonds. The summed E-state index contributed by atoms with van der Waals surface area (Å²) in [7, 11) is 1.51. The highest BCUT2D eigenvalue weighted by molar-refractivity contribution is 6.30. The summed E-state index contributed by atoms with van der Waals surface area (Å²) in [5.74, 6) is -1.26. The van der Waals surface area contributed by atoms with E-state index in [1.54, 1.807) is 72.8 Å². The minimum atomic E-state index is -0.775. The molecule has 0 saturated carbocycles. The molecule has 1 heterocycles. The predicted molar refractivity (Wildman–Crippen MR) is 125 cm³/mol. The molecule has 0 aliphatic rings. The van der Waals surface area contributed by atoms with Crippen LogP contribution >= 0.6 is 11.6 Å². The number of nitrogens with one attached hydrogen (secondary N) is 1. The van der Waals surface area contributed by atoms with Crippen LogP contribution in [0.3, 0.4) is 0 Å². The molecule has 0 radical (unpaired) electrons. The van der Waals surface area contributed by atoms with Gasteiger partial charge in [-0.2, -0.15) is 0 Å². The number of hydrogen-bond donors (Lipinski definition) is 1. The Labute approximate surface area is 189 Å². The van der Waals surface area contributed by atoms with Gasteiger partial charge >= 0.3 is 5.97 Å². The first-order chi connectivity index (χ1) is 15.5. The van der Waals surface area contributed by atoms with Crippen molar-refractivity contribution in [2.45, 2.75) is 0 Å². The number of fused-ring (bicyclic) bond motifs is 1. The third kappa shape index (κ3) is 4.26. The van der Waals surface area contributed by atoms with Crippen LogP contribution in [0.4, 0.5) is 5.69 Å². The number of ether oxygens (including phenoxy) is 1. The monoisotopic (exact) mass is 446 g/mol. The average molecular weight is 447 g/mol. The molecule has 0 unspecified atom stereocenters. The van der Waals surface area contributed by atoms with Crippen LogP contribution in [-0.2, 0) is 16.6 Å². The van der Waals surface area contributed by atoms with Gasteiger partial charge in [0, 0.05) is 28.7 Å². The zero-order valence-electron chi connectivity index (χ0n) is 17.2. The largest absolute Gasteiger partial charge is 0.451 e. The highest BCUT2D eigenvalue weighted by Crippen LogP contribution is 2.31. The molecule has 0 aliphatic heterocycles. The first-order valence-electron chi connectivity index (χ1n) is 9.85. The van der Waals surface area contributed by atoms with Gasteiger partial charge in [0.25, 0.3) is 11.5 Å². The molecule has 1 aromatic heterocycles. The Balaban J connectivity index is 1.72. The van der Waals surface area contributed by atoms with Gasteiger partial charge in [0.15, 0.2) is 6.61 Å². The van der Waals surface area contributed by atoms with Crippen molar-refractivity contribution in [3.05, 3.63) is 99.9 Å². The van der Waals surface area contributed by atoms with Crippen molar-refractivity contribution in [2.75, 3.05) is 11.9 Å². The maximum Gasteiger partial charge on any atom is 0.356 e. The number of pyridine rings is 1. The van der Waals surface area contributed by atoms with Gasteiger partial charge < -0.3 is 14.6 Å². The van der Waals surface area contributed by atoms with Crippen LogP contribution in [0.2, 0.25) is 5.02 Å². The van der Waals surface area contributed by atoms with Gasteiger partial charge in [0.1, 0.15) is 5.69 Å². The van der Waals surface area contributed by atoms with Gasteiger partial charge in [-0.1, -0.05) is 60.1 Å². The van der Waals surface area contributed by atoms with Crippen LogP contribution in [0.15, 0.2) is 83.7 Å². The van der Waals surface area contributed by atoms with Crippen molar-refractivity contribution in [3.63, 3.8) is 0 Å². The highest BCUT2D eigenvalue weighted by Gasteiger charge is 2.23. The minimum Gasteiger partial charge on any atom is -0.451 e. The number of carbonyl (C=O) groups is 2. The molecule has 0 atom stereocenters. The molecule has 32 heavy (non-hydrogen) atoms. The molecule has 0 saturated heterocycles. The normalized spacial score (nSPS) is 10.7. The number of nitrogens with zero attached hydrogens (tertiary/aromatic N) is 1. The average Bonchev–Trinajstić information content (AvgIpc) is 2.81. The minimum absolute atomic E-state index is 0.0588.